The van der Waals surface area contributed by atoms with Gasteiger partial charge in [-0.3, -0.25) is 9.58 Å². The Balaban J connectivity index is 1.90. The molecule has 2 rings (SSSR count). The van der Waals surface area contributed by atoms with Crippen LogP contribution in [-0.4, -0.2) is 39.5 Å². The van der Waals surface area contributed by atoms with Crippen molar-refractivity contribution in [1.82, 2.24) is 14.7 Å². The molecule has 4 heteroatoms. The molecule has 1 aromatic heterocycles. The molecule has 4 nitrogen and oxygen atoms in total. The van der Waals surface area contributed by atoms with Gasteiger partial charge in [0.25, 0.3) is 0 Å². The van der Waals surface area contributed by atoms with E-state index >= 15 is 0 Å². The molecule has 1 saturated heterocycles. The lowest BCUT2D eigenvalue weighted by atomic mass is 10.0. The Morgan fingerprint density at radius 3 is 2.79 bits per heavy atom. The second-order valence-corrected chi connectivity index (χ2v) is 4.16. The molecule has 14 heavy (non-hydrogen) atoms. The number of aryl methyl sites for hydroxylation is 2. The quantitative estimate of drug-likeness (QED) is 0.746. The van der Waals surface area contributed by atoms with Crippen LogP contribution in [0.5, 0.6) is 0 Å². The monoisotopic (exact) mass is 195 g/mol. The van der Waals surface area contributed by atoms with Gasteiger partial charge in [-0.2, -0.15) is 5.10 Å². The summed E-state index contributed by atoms with van der Waals surface area (Å²) >= 11 is 0. The number of aliphatic hydroxyl groups excluding tert-OH is 1. The van der Waals surface area contributed by atoms with Crippen LogP contribution < -0.4 is 0 Å². The van der Waals surface area contributed by atoms with Crippen molar-refractivity contribution in [3.63, 3.8) is 0 Å². The highest BCUT2D eigenvalue weighted by molar-refractivity contribution is 5.15. The van der Waals surface area contributed by atoms with Gasteiger partial charge >= 0.3 is 0 Å². The standard InChI is InChI=1S/C10H17N3O/c1-8-10(5-12(2)11-8)6-13-3-9(4-13)7-14/h5,9,14H,3-4,6-7H2,1-2H3. The number of likely N-dealkylation sites (tertiary alicyclic amines) is 1. The molecule has 78 valence electrons. The molecule has 1 aliphatic rings. The van der Waals surface area contributed by atoms with Crippen molar-refractivity contribution in [2.75, 3.05) is 19.7 Å². The van der Waals surface area contributed by atoms with Crippen LogP contribution >= 0.6 is 0 Å². The lowest BCUT2D eigenvalue weighted by Crippen LogP contribution is -2.47. The first kappa shape index (κ1) is 9.68. The first-order valence-corrected chi connectivity index (χ1v) is 5.01. The van der Waals surface area contributed by atoms with E-state index in [9.17, 15) is 0 Å². The average molecular weight is 195 g/mol. The van der Waals surface area contributed by atoms with E-state index in [1.54, 1.807) is 0 Å². The second kappa shape index (κ2) is 3.71. The predicted octanol–water partition coefficient (Wildman–Crippen LogP) is 0.153. The van der Waals surface area contributed by atoms with Crippen LogP contribution in [0.25, 0.3) is 0 Å². The van der Waals surface area contributed by atoms with Crippen molar-refractivity contribution in [1.29, 1.82) is 0 Å². The Labute approximate surface area is 84.1 Å². The fourth-order valence-electron chi connectivity index (χ4n) is 1.97. The molecule has 0 radical (unpaired) electrons. The lowest BCUT2D eigenvalue weighted by Gasteiger charge is -2.38. The normalized spacial score (nSPS) is 18.5. The molecule has 0 unspecified atom stereocenters. The topological polar surface area (TPSA) is 41.3 Å². The van der Waals surface area contributed by atoms with E-state index in [4.69, 9.17) is 5.11 Å². The molecule has 1 fully saturated rings. The molecule has 0 spiro atoms. The number of nitrogens with zero attached hydrogens (tertiary/aromatic N) is 3. The van der Waals surface area contributed by atoms with E-state index < -0.39 is 0 Å². The van der Waals surface area contributed by atoms with Crippen molar-refractivity contribution >= 4 is 0 Å². The summed E-state index contributed by atoms with van der Waals surface area (Å²) in [4.78, 5) is 2.34. The molecule has 1 aromatic rings. The van der Waals surface area contributed by atoms with Crippen molar-refractivity contribution in [2.45, 2.75) is 13.5 Å². The van der Waals surface area contributed by atoms with Gasteiger partial charge in [0, 0.05) is 51.0 Å². The van der Waals surface area contributed by atoms with E-state index in [-0.39, 0.29) is 0 Å². The molecule has 1 aliphatic heterocycles. The Morgan fingerprint density at radius 1 is 1.57 bits per heavy atom. The van der Waals surface area contributed by atoms with Crippen LogP contribution in [0, 0.1) is 12.8 Å². The molecule has 0 atom stereocenters. The zero-order chi connectivity index (χ0) is 10.1. The van der Waals surface area contributed by atoms with E-state index in [0.29, 0.717) is 12.5 Å². The van der Waals surface area contributed by atoms with Gasteiger partial charge in [-0.25, -0.2) is 0 Å². The first-order valence-electron chi connectivity index (χ1n) is 5.01. The van der Waals surface area contributed by atoms with Crippen LogP contribution in [0.15, 0.2) is 6.20 Å². The number of aliphatic hydroxyl groups is 1. The van der Waals surface area contributed by atoms with Crippen molar-refractivity contribution in [3.8, 4) is 0 Å². The largest absolute Gasteiger partial charge is 0.396 e. The highest BCUT2D eigenvalue weighted by Crippen LogP contribution is 2.18. The third-order valence-electron chi connectivity index (χ3n) is 2.80. The van der Waals surface area contributed by atoms with Gasteiger partial charge in [-0.1, -0.05) is 0 Å². The van der Waals surface area contributed by atoms with Gasteiger partial charge in [0.2, 0.25) is 0 Å². The van der Waals surface area contributed by atoms with Crippen LogP contribution in [-0.2, 0) is 13.6 Å². The zero-order valence-corrected chi connectivity index (χ0v) is 8.77. The summed E-state index contributed by atoms with van der Waals surface area (Å²) in [6.45, 7) is 5.37. The minimum atomic E-state index is 0.322. The number of aromatic nitrogens is 2. The van der Waals surface area contributed by atoms with Crippen molar-refractivity contribution in [3.05, 3.63) is 17.5 Å². The summed E-state index contributed by atoms with van der Waals surface area (Å²) in [6.07, 6.45) is 2.07. The molecule has 2 heterocycles. The predicted molar refractivity (Wildman–Crippen MR) is 53.8 cm³/mol. The van der Waals surface area contributed by atoms with Crippen LogP contribution in [0.2, 0.25) is 0 Å². The minimum Gasteiger partial charge on any atom is -0.396 e. The highest BCUT2D eigenvalue weighted by atomic mass is 16.3. The van der Waals surface area contributed by atoms with Crippen molar-refractivity contribution < 1.29 is 5.11 Å². The van der Waals surface area contributed by atoms with Gasteiger partial charge in [0.05, 0.1) is 5.69 Å². The Bertz CT molecular complexity index is 315. The van der Waals surface area contributed by atoms with Crippen LogP contribution in [0.4, 0.5) is 0 Å². The Kier molecular flexibility index (Phi) is 2.56. The molecule has 0 aliphatic carbocycles. The second-order valence-electron chi connectivity index (χ2n) is 4.16. The molecule has 0 aromatic carbocycles. The highest BCUT2D eigenvalue weighted by Gasteiger charge is 2.26. The molecule has 1 N–H and O–H groups in total. The average Bonchev–Trinajstić information content (AvgIpc) is 2.37. The van der Waals surface area contributed by atoms with Crippen molar-refractivity contribution in [2.24, 2.45) is 13.0 Å². The number of rotatable bonds is 3. The summed E-state index contributed by atoms with van der Waals surface area (Å²) < 4.78 is 1.86. The maximum Gasteiger partial charge on any atom is 0.0638 e. The summed E-state index contributed by atoms with van der Waals surface area (Å²) in [5.74, 6) is 0.493. The molecular formula is C10H17N3O. The Morgan fingerprint density at radius 2 is 2.29 bits per heavy atom. The zero-order valence-electron chi connectivity index (χ0n) is 8.77. The van der Waals surface area contributed by atoms with Gasteiger partial charge in [-0.05, 0) is 6.92 Å². The molecule has 0 amide bonds. The van der Waals surface area contributed by atoms with Crippen LogP contribution in [0.1, 0.15) is 11.3 Å². The maximum atomic E-state index is 8.89. The number of hydrogen-bond donors (Lipinski definition) is 1. The van der Waals surface area contributed by atoms with E-state index in [2.05, 4.69) is 16.2 Å². The van der Waals surface area contributed by atoms with E-state index in [1.165, 1.54) is 5.56 Å². The van der Waals surface area contributed by atoms with Gasteiger partial charge < -0.3 is 5.11 Å². The number of hydrogen-bond acceptors (Lipinski definition) is 3. The minimum absolute atomic E-state index is 0.322. The molecular weight excluding hydrogens is 178 g/mol. The first-order chi connectivity index (χ1) is 6.69. The SMILES string of the molecule is Cc1nn(C)cc1CN1CC(CO)C1. The fourth-order valence-corrected chi connectivity index (χ4v) is 1.97. The summed E-state index contributed by atoms with van der Waals surface area (Å²) in [7, 11) is 1.95. The van der Waals surface area contributed by atoms with Crippen LogP contribution in [0.3, 0.4) is 0 Å². The maximum absolute atomic E-state index is 8.89. The third-order valence-corrected chi connectivity index (χ3v) is 2.80. The van der Waals surface area contributed by atoms with E-state index in [0.717, 1.165) is 25.3 Å². The fraction of sp³-hybridized carbons (Fsp3) is 0.700. The molecule has 0 saturated carbocycles. The summed E-state index contributed by atoms with van der Waals surface area (Å²) in [5.41, 5.74) is 2.41. The summed E-state index contributed by atoms with van der Waals surface area (Å²) in [5, 5.41) is 13.2. The molecule has 0 bridgehead atoms. The van der Waals surface area contributed by atoms with Gasteiger partial charge in [0.1, 0.15) is 0 Å². The summed E-state index contributed by atoms with van der Waals surface area (Å²) in [6, 6.07) is 0. The van der Waals surface area contributed by atoms with Gasteiger partial charge in [-0.15, -0.1) is 0 Å². The third kappa shape index (κ3) is 1.81. The Hall–Kier alpha value is -0.870. The smallest absolute Gasteiger partial charge is 0.0638 e. The van der Waals surface area contributed by atoms with E-state index in [1.807, 2.05) is 18.7 Å². The lowest BCUT2D eigenvalue weighted by molar-refractivity contribution is 0.0478. The van der Waals surface area contributed by atoms with Gasteiger partial charge in [0.15, 0.2) is 0 Å².